The zero-order valence-electron chi connectivity index (χ0n) is 15.6. The molecule has 0 radical (unpaired) electrons. The molecular weight excluding hydrogens is 392 g/mol. The van der Waals surface area contributed by atoms with Crippen LogP contribution in [0.25, 0.3) is 0 Å². The second-order valence-electron chi connectivity index (χ2n) is 6.80. The largest absolute Gasteiger partial charge is 0.485 e. The van der Waals surface area contributed by atoms with Crippen LogP contribution in [0.4, 0.5) is 5.69 Å². The summed E-state index contributed by atoms with van der Waals surface area (Å²) in [5.74, 6) is 1.28. The molecule has 3 aromatic rings. The Hall–Kier alpha value is -3.10. The molecule has 0 amide bonds. The van der Waals surface area contributed by atoms with E-state index >= 15 is 0 Å². The monoisotopic (exact) mass is 412 g/mol. The van der Waals surface area contributed by atoms with Crippen molar-refractivity contribution in [3.05, 3.63) is 78.0 Å². The van der Waals surface area contributed by atoms with Gasteiger partial charge in [0.25, 0.3) is 0 Å². The number of hydrogen-bond acceptors (Lipinski definition) is 6. The minimum Gasteiger partial charge on any atom is -0.485 e. The van der Waals surface area contributed by atoms with Gasteiger partial charge in [0.1, 0.15) is 23.3 Å². The van der Waals surface area contributed by atoms with Crippen LogP contribution in [0.3, 0.4) is 0 Å². The fraction of sp³-hybridized carbons (Fsp3) is 0.190. The molecule has 8 heteroatoms. The quantitative estimate of drug-likeness (QED) is 0.661. The number of anilines is 1. The maximum absolute atomic E-state index is 11.6. The minimum absolute atomic E-state index is 0.144. The predicted molar refractivity (Wildman–Crippen MR) is 109 cm³/mol. The molecule has 0 saturated carbocycles. The van der Waals surface area contributed by atoms with E-state index in [1.54, 1.807) is 24.3 Å². The Labute approximate surface area is 169 Å². The van der Waals surface area contributed by atoms with E-state index < -0.39 is 16.1 Å². The van der Waals surface area contributed by atoms with Crippen LogP contribution >= 0.6 is 0 Å². The van der Waals surface area contributed by atoms with Gasteiger partial charge in [-0.05, 0) is 35.9 Å². The van der Waals surface area contributed by atoms with Crippen molar-refractivity contribution in [1.29, 1.82) is 0 Å². The number of aromatic nitrogens is 1. The van der Waals surface area contributed by atoms with Gasteiger partial charge in [-0.15, -0.1) is 0 Å². The summed E-state index contributed by atoms with van der Waals surface area (Å²) in [6, 6.07) is 17.9. The molecule has 2 N–H and O–H groups in total. The van der Waals surface area contributed by atoms with Gasteiger partial charge in [0.15, 0.2) is 0 Å². The van der Waals surface area contributed by atoms with Gasteiger partial charge in [-0.25, -0.2) is 13.4 Å². The van der Waals surface area contributed by atoms with Crippen molar-refractivity contribution in [1.82, 2.24) is 4.98 Å². The highest BCUT2D eigenvalue weighted by Gasteiger charge is 2.28. The van der Waals surface area contributed by atoms with Crippen LogP contribution in [0, 0.1) is 0 Å². The molecule has 150 valence electrons. The lowest BCUT2D eigenvalue weighted by molar-refractivity contribution is 0.0656. The third kappa shape index (κ3) is 4.49. The molecule has 4 rings (SSSR count). The Morgan fingerprint density at radius 1 is 1.14 bits per heavy atom. The third-order valence-electron chi connectivity index (χ3n) is 4.50. The van der Waals surface area contributed by atoms with Crippen molar-refractivity contribution in [2.75, 3.05) is 11.0 Å². The maximum atomic E-state index is 11.6. The Morgan fingerprint density at radius 3 is 2.79 bits per heavy atom. The van der Waals surface area contributed by atoms with Crippen molar-refractivity contribution in [2.24, 2.45) is 0 Å². The zero-order chi connectivity index (χ0) is 20.4. The number of sulfonamides is 1. The Balaban J connectivity index is 1.58. The molecule has 1 aromatic heterocycles. The second-order valence-corrected chi connectivity index (χ2v) is 8.55. The fourth-order valence-electron chi connectivity index (χ4n) is 3.24. The lowest BCUT2D eigenvalue weighted by Crippen LogP contribution is -2.18. The van der Waals surface area contributed by atoms with Gasteiger partial charge in [-0.2, -0.15) is 0 Å². The Bertz CT molecular complexity index is 1130. The smallest absolute Gasteiger partial charge is 0.243 e. The summed E-state index contributed by atoms with van der Waals surface area (Å²) in [5, 5.41) is 10.5. The van der Waals surface area contributed by atoms with E-state index in [2.05, 4.69) is 9.71 Å². The average molecular weight is 412 g/mol. The van der Waals surface area contributed by atoms with Crippen molar-refractivity contribution in [3.8, 4) is 17.4 Å². The van der Waals surface area contributed by atoms with Gasteiger partial charge in [-0.1, -0.05) is 30.3 Å². The van der Waals surface area contributed by atoms with Gasteiger partial charge >= 0.3 is 0 Å². The molecule has 2 atom stereocenters. The molecule has 7 nitrogen and oxygen atoms in total. The summed E-state index contributed by atoms with van der Waals surface area (Å²) in [6.45, 7) is 0. The molecule has 29 heavy (non-hydrogen) atoms. The van der Waals surface area contributed by atoms with Crippen molar-refractivity contribution >= 4 is 15.7 Å². The average Bonchev–Trinajstić information content (AvgIpc) is 2.69. The molecular formula is C21H20N2O5S. The van der Waals surface area contributed by atoms with E-state index in [1.165, 1.54) is 6.20 Å². The molecule has 2 aromatic carbocycles. The fourth-order valence-corrected chi connectivity index (χ4v) is 3.79. The number of ether oxygens (including phenoxy) is 2. The topological polar surface area (TPSA) is 97.8 Å². The van der Waals surface area contributed by atoms with Crippen molar-refractivity contribution in [3.63, 3.8) is 0 Å². The normalized spacial score (nSPS) is 18.4. The number of pyridine rings is 1. The van der Waals surface area contributed by atoms with Gasteiger partial charge in [-0.3, -0.25) is 4.72 Å². The molecule has 0 bridgehead atoms. The van der Waals surface area contributed by atoms with Gasteiger partial charge < -0.3 is 14.6 Å². The Morgan fingerprint density at radius 2 is 1.97 bits per heavy atom. The number of aliphatic hydroxyl groups excluding tert-OH is 1. The molecule has 0 saturated heterocycles. The van der Waals surface area contributed by atoms with Crippen LogP contribution in [0.1, 0.15) is 29.8 Å². The molecule has 2 unspecified atom stereocenters. The standard InChI is InChI=1S/C21H20N2O5S/c1-29(25,26)23-17-9-5-11-22-21(17)27-15-7-4-6-14(12-15)20-13-18(24)16-8-2-3-10-19(16)28-20/h2-12,18,20,23-24H,13H2,1H3. The number of fused-ring (bicyclic) bond motifs is 1. The molecule has 0 spiro atoms. The summed E-state index contributed by atoms with van der Waals surface area (Å²) >= 11 is 0. The number of hydrogen-bond donors (Lipinski definition) is 2. The van der Waals surface area contributed by atoms with Gasteiger partial charge in [0.05, 0.1) is 12.4 Å². The third-order valence-corrected chi connectivity index (χ3v) is 5.09. The summed E-state index contributed by atoms with van der Waals surface area (Å²) in [5.41, 5.74) is 1.87. The van der Waals surface area contributed by atoms with E-state index in [9.17, 15) is 13.5 Å². The van der Waals surface area contributed by atoms with Gasteiger partial charge in [0, 0.05) is 18.2 Å². The molecule has 0 fully saturated rings. The van der Waals surface area contributed by atoms with Crippen LogP contribution in [-0.4, -0.2) is 24.8 Å². The number of benzene rings is 2. The van der Waals surface area contributed by atoms with E-state index in [0.29, 0.717) is 17.9 Å². The van der Waals surface area contributed by atoms with Crippen LogP contribution in [-0.2, 0) is 10.0 Å². The lowest BCUT2D eigenvalue weighted by Gasteiger charge is -2.30. The Kier molecular flexibility index (Phi) is 5.12. The highest BCUT2D eigenvalue weighted by molar-refractivity contribution is 7.92. The highest BCUT2D eigenvalue weighted by Crippen LogP contribution is 2.41. The van der Waals surface area contributed by atoms with E-state index in [0.717, 1.165) is 17.4 Å². The molecule has 1 aliphatic rings. The molecule has 0 aliphatic carbocycles. The van der Waals surface area contributed by atoms with Crippen LogP contribution in [0.2, 0.25) is 0 Å². The van der Waals surface area contributed by atoms with Crippen LogP contribution < -0.4 is 14.2 Å². The summed E-state index contributed by atoms with van der Waals surface area (Å²) in [6.07, 6.45) is 2.06. The van der Waals surface area contributed by atoms with Crippen molar-refractivity contribution in [2.45, 2.75) is 18.6 Å². The first-order valence-electron chi connectivity index (χ1n) is 9.03. The lowest BCUT2D eigenvalue weighted by atomic mass is 9.95. The zero-order valence-corrected chi connectivity index (χ0v) is 16.5. The summed E-state index contributed by atoms with van der Waals surface area (Å²) < 4.78 is 37.4. The minimum atomic E-state index is -3.47. The van der Waals surface area contributed by atoms with E-state index in [4.69, 9.17) is 9.47 Å². The number of aliphatic hydroxyl groups is 1. The van der Waals surface area contributed by atoms with Crippen LogP contribution in [0.5, 0.6) is 17.4 Å². The molecule has 2 heterocycles. The second kappa shape index (κ2) is 7.73. The molecule has 1 aliphatic heterocycles. The predicted octanol–water partition coefficient (Wildman–Crippen LogP) is 3.80. The van der Waals surface area contributed by atoms with Crippen LogP contribution in [0.15, 0.2) is 66.9 Å². The van der Waals surface area contributed by atoms with Gasteiger partial charge in [0.2, 0.25) is 15.9 Å². The summed E-state index contributed by atoms with van der Waals surface area (Å²) in [7, 11) is -3.47. The first-order chi connectivity index (χ1) is 13.9. The van der Waals surface area contributed by atoms with E-state index in [1.807, 2.05) is 36.4 Å². The number of rotatable bonds is 5. The number of nitrogens with one attached hydrogen (secondary N) is 1. The SMILES string of the molecule is CS(=O)(=O)Nc1cccnc1Oc1cccc(C2CC(O)c3ccccc3O2)c1. The summed E-state index contributed by atoms with van der Waals surface area (Å²) in [4.78, 5) is 4.12. The maximum Gasteiger partial charge on any atom is 0.243 e. The first-order valence-corrected chi connectivity index (χ1v) is 10.9. The van der Waals surface area contributed by atoms with E-state index in [-0.39, 0.29) is 17.7 Å². The highest BCUT2D eigenvalue weighted by atomic mass is 32.2. The first kappa shape index (κ1) is 19.2. The number of para-hydroxylation sites is 1. The van der Waals surface area contributed by atoms with Crippen molar-refractivity contribution < 1.29 is 23.0 Å². The number of nitrogens with zero attached hydrogens (tertiary/aromatic N) is 1.